The summed E-state index contributed by atoms with van der Waals surface area (Å²) in [6.45, 7) is 5.43. The zero-order valence-electron chi connectivity index (χ0n) is 11.2. The summed E-state index contributed by atoms with van der Waals surface area (Å²) >= 11 is 0. The molecule has 0 saturated carbocycles. The molecule has 0 amide bonds. The van der Waals surface area contributed by atoms with Crippen molar-refractivity contribution in [2.75, 3.05) is 0 Å². The molecular formula is C14H13F5Si. The Morgan fingerprint density at radius 3 is 1.40 bits per heavy atom. The van der Waals surface area contributed by atoms with Crippen molar-refractivity contribution in [2.45, 2.75) is 24.7 Å². The molecule has 0 spiro atoms. The Morgan fingerprint density at radius 1 is 0.700 bits per heavy atom. The minimum Gasteiger partial charge on any atom is -0.203 e. The fourth-order valence-electron chi connectivity index (χ4n) is 2.48. The largest absolute Gasteiger partial charge is 0.203 e. The van der Waals surface area contributed by atoms with Crippen LogP contribution in [0.1, 0.15) is 5.56 Å². The van der Waals surface area contributed by atoms with Gasteiger partial charge in [0, 0.05) is 10.6 Å². The standard InChI is InChI=1S/C14H13F5Si/c1-20(2,3)14(6-4-5-7-14)8-9(15)11(17)13(19)12(18)10(8)16/h4-7H,1-3H3. The second-order valence-electron chi connectivity index (χ2n) is 5.78. The third-order valence-electron chi connectivity index (χ3n) is 3.69. The third-order valence-corrected chi connectivity index (χ3v) is 6.76. The molecule has 0 heterocycles. The second kappa shape index (κ2) is 4.55. The molecule has 108 valence electrons. The third kappa shape index (κ3) is 1.85. The Hall–Kier alpha value is -1.43. The molecule has 1 aliphatic carbocycles. The van der Waals surface area contributed by atoms with Crippen molar-refractivity contribution in [3.05, 3.63) is 59.0 Å². The van der Waals surface area contributed by atoms with Crippen molar-refractivity contribution in [3.63, 3.8) is 0 Å². The van der Waals surface area contributed by atoms with Crippen LogP contribution in [0.25, 0.3) is 0 Å². The molecule has 0 N–H and O–H groups in total. The maximum absolute atomic E-state index is 14.1. The Morgan fingerprint density at radius 2 is 1.05 bits per heavy atom. The monoisotopic (exact) mass is 304 g/mol. The Bertz CT molecular complexity index is 584. The maximum atomic E-state index is 14.1. The summed E-state index contributed by atoms with van der Waals surface area (Å²) in [5.41, 5.74) is -0.752. The van der Waals surface area contributed by atoms with Gasteiger partial charge in [-0.1, -0.05) is 43.9 Å². The molecule has 0 aliphatic heterocycles. The van der Waals surface area contributed by atoms with Crippen LogP contribution in [0, 0.1) is 29.1 Å². The van der Waals surface area contributed by atoms with Crippen molar-refractivity contribution in [1.29, 1.82) is 0 Å². The lowest BCUT2D eigenvalue weighted by atomic mass is 9.97. The first-order valence-electron chi connectivity index (χ1n) is 6.02. The molecule has 1 aromatic carbocycles. The highest BCUT2D eigenvalue weighted by atomic mass is 28.3. The van der Waals surface area contributed by atoms with Crippen molar-refractivity contribution >= 4 is 8.07 Å². The summed E-state index contributed by atoms with van der Waals surface area (Å²) in [5, 5.41) is -1.24. The van der Waals surface area contributed by atoms with E-state index in [4.69, 9.17) is 0 Å². The van der Waals surface area contributed by atoms with Crippen LogP contribution in [-0.4, -0.2) is 8.07 Å². The van der Waals surface area contributed by atoms with Crippen molar-refractivity contribution in [3.8, 4) is 0 Å². The lowest BCUT2D eigenvalue weighted by Gasteiger charge is -2.38. The van der Waals surface area contributed by atoms with Crippen LogP contribution < -0.4 is 0 Å². The van der Waals surface area contributed by atoms with E-state index in [1.165, 1.54) is 12.2 Å². The summed E-state index contributed by atoms with van der Waals surface area (Å²) in [6, 6.07) is 0. The Kier molecular flexibility index (Phi) is 3.40. The molecule has 0 radical (unpaired) electrons. The summed E-state index contributed by atoms with van der Waals surface area (Å²) in [7, 11) is -2.35. The van der Waals surface area contributed by atoms with E-state index in [1.54, 1.807) is 12.2 Å². The minimum atomic E-state index is -2.35. The number of benzene rings is 1. The quantitative estimate of drug-likeness (QED) is 0.323. The molecule has 0 atom stereocenters. The highest BCUT2D eigenvalue weighted by Gasteiger charge is 2.47. The van der Waals surface area contributed by atoms with E-state index in [0.29, 0.717) is 0 Å². The average molecular weight is 304 g/mol. The van der Waals surface area contributed by atoms with Crippen LogP contribution in [0.3, 0.4) is 0 Å². The van der Waals surface area contributed by atoms with Crippen LogP contribution >= 0.6 is 0 Å². The first kappa shape index (κ1) is 15.0. The van der Waals surface area contributed by atoms with E-state index in [1.807, 2.05) is 19.6 Å². The molecule has 1 aromatic rings. The van der Waals surface area contributed by atoms with Gasteiger partial charge in [-0.25, -0.2) is 22.0 Å². The van der Waals surface area contributed by atoms with Gasteiger partial charge in [0.1, 0.15) is 0 Å². The zero-order chi connectivity index (χ0) is 15.3. The lowest BCUT2D eigenvalue weighted by Crippen LogP contribution is -2.47. The summed E-state index contributed by atoms with van der Waals surface area (Å²) < 4.78 is 68.1. The normalized spacial score (nSPS) is 17.0. The van der Waals surface area contributed by atoms with E-state index >= 15 is 0 Å². The van der Waals surface area contributed by atoms with Crippen LogP contribution in [0.2, 0.25) is 19.6 Å². The van der Waals surface area contributed by atoms with Crippen LogP contribution in [0.5, 0.6) is 0 Å². The smallest absolute Gasteiger partial charge is 0.200 e. The van der Waals surface area contributed by atoms with Crippen LogP contribution in [0.15, 0.2) is 24.3 Å². The van der Waals surface area contributed by atoms with E-state index in [-0.39, 0.29) is 0 Å². The van der Waals surface area contributed by atoms with Crippen molar-refractivity contribution in [1.82, 2.24) is 0 Å². The van der Waals surface area contributed by atoms with Gasteiger partial charge in [0.25, 0.3) is 0 Å². The van der Waals surface area contributed by atoms with E-state index in [2.05, 4.69) is 0 Å². The van der Waals surface area contributed by atoms with Gasteiger partial charge < -0.3 is 0 Å². The highest BCUT2D eigenvalue weighted by molar-refractivity contribution is 6.80. The molecule has 0 unspecified atom stereocenters. The van der Waals surface area contributed by atoms with Crippen LogP contribution in [0.4, 0.5) is 22.0 Å². The molecule has 20 heavy (non-hydrogen) atoms. The number of hydrogen-bond acceptors (Lipinski definition) is 0. The number of rotatable bonds is 2. The second-order valence-corrected chi connectivity index (χ2v) is 11.1. The van der Waals surface area contributed by atoms with E-state index in [0.717, 1.165) is 0 Å². The Balaban J connectivity index is 2.88. The molecule has 0 fully saturated rings. The Labute approximate surface area is 114 Å². The molecular weight excluding hydrogens is 291 g/mol. The predicted octanol–water partition coefficient (Wildman–Crippen LogP) is 4.62. The van der Waals surface area contributed by atoms with E-state index < -0.39 is 47.8 Å². The van der Waals surface area contributed by atoms with Crippen molar-refractivity contribution < 1.29 is 22.0 Å². The van der Waals surface area contributed by atoms with Gasteiger partial charge in [-0.05, 0) is 0 Å². The molecule has 0 nitrogen and oxygen atoms in total. The van der Waals surface area contributed by atoms with Gasteiger partial charge in [0.2, 0.25) is 5.82 Å². The summed E-state index contributed by atoms with van der Waals surface area (Å²) in [6.07, 6.45) is 6.15. The number of allylic oxidation sites excluding steroid dienone is 4. The molecule has 0 bridgehead atoms. The first-order chi connectivity index (χ1) is 9.13. The first-order valence-corrected chi connectivity index (χ1v) is 9.52. The number of halogens is 5. The number of hydrogen-bond donors (Lipinski definition) is 0. The topological polar surface area (TPSA) is 0 Å². The van der Waals surface area contributed by atoms with Crippen LogP contribution in [-0.2, 0) is 5.04 Å². The zero-order valence-corrected chi connectivity index (χ0v) is 12.2. The maximum Gasteiger partial charge on any atom is 0.200 e. The van der Waals surface area contributed by atoms with Gasteiger partial charge >= 0.3 is 0 Å². The van der Waals surface area contributed by atoms with Gasteiger partial charge in [0.15, 0.2) is 23.3 Å². The predicted molar refractivity (Wildman–Crippen MR) is 69.5 cm³/mol. The summed E-state index contributed by atoms with van der Waals surface area (Å²) in [5.74, 6) is -9.42. The van der Waals surface area contributed by atoms with Crippen molar-refractivity contribution in [2.24, 2.45) is 0 Å². The van der Waals surface area contributed by atoms with E-state index in [9.17, 15) is 22.0 Å². The molecule has 1 aliphatic rings. The minimum absolute atomic E-state index is 0.752. The summed E-state index contributed by atoms with van der Waals surface area (Å²) in [4.78, 5) is 0. The molecule has 2 rings (SSSR count). The van der Waals surface area contributed by atoms with Gasteiger partial charge in [-0.15, -0.1) is 0 Å². The SMILES string of the molecule is C[Si](C)(C)C1(c2c(F)c(F)c(F)c(F)c2F)C=CC=C1. The molecule has 6 heteroatoms. The molecule has 0 aromatic heterocycles. The fraction of sp³-hybridized carbons (Fsp3) is 0.286. The molecule has 0 saturated heterocycles. The van der Waals surface area contributed by atoms with Gasteiger partial charge in [-0.2, -0.15) is 0 Å². The van der Waals surface area contributed by atoms with Gasteiger partial charge in [-0.3, -0.25) is 0 Å². The highest BCUT2D eigenvalue weighted by Crippen LogP contribution is 2.43. The average Bonchev–Trinajstić information content (AvgIpc) is 2.84. The van der Waals surface area contributed by atoms with Gasteiger partial charge in [0.05, 0.1) is 8.07 Å². The lowest BCUT2D eigenvalue weighted by molar-refractivity contribution is 0.367. The fourth-order valence-corrected chi connectivity index (χ4v) is 4.64.